The number of aromatic amines is 2. The van der Waals surface area contributed by atoms with Crippen LogP contribution in [-0.4, -0.2) is 44.4 Å². The summed E-state index contributed by atoms with van der Waals surface area (Å²) in [5, 5.41) is 9.08. The number of rotatable bonds is 2. The highest BCUT2D eigenvalue weighted by Gasteiger charge is 2.32. The summed E-state index contributed by atoms with van der Waals surface area (Å²) in [5.41, 5.74) is -1.68. The highest BCUT2D eigenvalue weighted by Crippen LogP contribution is 2.18. The number of carbonyl (C=O) groups is 2. The van der Waals surface area contributed by atoms with Crippen LogP contribution in [0.25, 0.3) is 0 Å². The number of carboxylic acids is 1. The number of hydrogen-bond acceptors (Lipinski definition) is 4. The topological polar surface area (TPSA) is 123 Å². The Morgan fingerprint density at radius 1 is 1.26 bits per heavy atom. The first-order valence-corrected chi connectivity index (χ1v) is 5.86. The van der Waals surface area contributed by atoms with Crippen molar-refractivity contribution in [3.8, 4) is 0 Å². The lowest BCUT2D eigenvalue weighted by Crippen LogP contribution is -2.48. The summed E-state index contributed by atoms with van der Waals surface area (Å²) >= 11 is 0. The number of H-pyrrole nitrogens is 2. The van der Waals surface area contributed by atoms with Crippen molar-refractivity contribution in [2.24, 2.45) is 0 Å². The molecule has 2 heterocycles. The fourth-order valence-electron chi connectivity index (χ4n) is 2.17. The molecular formula is C11H13N3O5. The van der Waals surface area contributed by atoms with Crippen LogP contribution in [0.15, 0.2) is 15.7 Å². The highest BCUT2D eigenvalue weighted by atomic mass is 16.4. The molecule has 19 heavy (non-hydrogen) atoms. The molecule has 0 radical (unpaired) electrons. The molecule has 1 atom stereocenters. The molecule has 0 unspecified atom stereocenters. The van der Waals surface area contributed by atoms with Crippen LogP contribution in [0.2, 0.25) is 0 Å². The SMILES string of the molecule is O=C(O)[C@H]1CCCCN1C(=O)c1cc(=O)[nH]c(=O)[nH]1. The van der Waals surface area contributed by atoms with Gasteiger partial charge < -0.3 is 15.0 Å². The molecule has 1 saturated heterocycles. The fourth-order valence-corrected chi connectivity index (χ4v) is 2.17. The third kappa shape index (κ3) is 2.72. The zero-order valence-electron chi connectivity index (χ0n) is 10.0. The van der Waals surface area contributed by atoms with Gasteiger partial charge in [-0.3, -0.25) is 14.6 Å². The van der Waals surface area contributed by atoms with Crippen LogP contribution in [0.1, 0.15) is 29.8 Å². The number of nitrogens with zero attached hydrogens (tertiary/aromatic N) is 1. The number of hydrogen-bond donors (Lipinski definition) is 3. The van der Waals surface area contributed by atoms with Gasteiger partial charge in [0.25, 0.3) is 11.5 Å². The molecule has 1 amide bonds. The minimum atomic E-state index is -1.08. The van der Waals surface area contributed by atoms with E-state index in [0.29, 0.717) is 19.4 Å². The van der Waals surface area contributed by atoms with Crippen molar-refractivity contribution >= 4 is 11.9 Å². The standard InChI is InChI=1S/C11H13N3O5/c15-8-5-6(12-11(19)13-8)9(16)14-4-2-1-3-7(14)10(17)18/h5,7H,1-4H2,(H,17,18)(H2,12,13,15,19)/t7-/m1/s1. The lowest BCUT2D eigenvalue weighted by molar-refractivity contribution is -0.143. The van der Waals surface area contributed by atoms with Gasteiger partial charge in [0, 0.05) is 12.6 Å². The number of likely N-dealkylation sites (tertiary alicyclic amines) is 1. The van der Waals surface area contributed by atoms with Gasteiger partial charge in [0.15, 0.2) is 0 Å². The molecule has 8 heteroatoms. The number of carboxylic acid groups (broad SMARTS) is 1. The monoisotopic (exact) mass is 267 g/mol. The van der Waals surface area contributed by atoms with Crippen LogP contribution in [0, 0.1) is 0 Å². The number of aromatic nitrogens is 2. The van der Waals surface area contributed by atoms with Crippen molar-refractivity contribution in [1.82, 2.24) is 14.9 Å². The molecule has 1 aromatic rings. The Morgan fingerprint density at radius 2 is 2.00 bits per heavy atom. The van der Waals surface area contributed by atoms with Gasteiger partial charge >= 0.3 is 11.7 Å². The molecule has 3 N–H and O–H groups in total. The minimum absolute atomic E-state index is 0.193. The molecule has 1 aliphatic heterocycles. The van der Waals surface area contributed by atoms with Crippen molar-refractivity contribution < 1.29 is 14.7 Å². The van der Waals surface area contributed by atoms with Gasteiger partial charge in [-0.05, 0) is 19.3 Å². The van der Waals surface area contributed by atoms with Crippen molar-refractivity contribution in [3.05, 3.63) is 32.6 Å². The van der Waals surface area contributed by atoms with Crippen molar-refractivity contribution in [2.75, 3.05) is 6.54 Å². The Morgan fingerprint density at radius 3 is 2.63 bits per heavy atom. The molecule has 2 rings (SSSR count). The number of nitrogens with one attached hydrogen (secondary N) is 2. The smallest absolute Gasteiger partial charge is 0.326 e. The molecule has 102 valence electrons. The van der Waals surface area contributed by atoms with Crippen LogP contribution >= 0.6 is 0 Å². The lowest BCUT2D eigenvalue weighted by atomic mass is 10.0. The Bertz CT molecular complexity index is 589. The van der Waals surface area contributed by atoms with Crippen molar-refractivity contribution in [2.45, 2.75) is 25.3 Å². The van der Waals surface area contributed by atoms with E-state index in [-0.39, 0.29) is 5.69 Å². The Kier molecular flexibility index (Phi) is 3.50. The van der Waals surface area contributed by atoms with E-state index < -0.39 is 29.2 Å². The Balaban J connectivity index is 2.33. The normalized spacial score (nSPS) is 19.2. The number of aliphatic carboxylic acids is 1. The van der Waals surface area contributed by atoms with Crippen LogP contribution in [-0.2, 0) is 4.79 Å². The first-order valence-electron chi connectivity index (χ1n) is 5.86. The fraction of sp³-hybridized carbons (Fsp3) is 0.455. The van der Waals surface area contributed by atoms with Crippen molar-refractivity contribution in [1.29, 1.82) is 0 Å². The van der Waals surface area contributed by atoms with E-state index in [1.54, 1.807) is 0 Å². The molecule has 0 aliphatic carbocycles. The van der Waals surface area contributed by atoms with Gasteiger partial charge in [-0.1, -0.05) is 0 Å². The third-order valence-electron chi connectivity index (χ3n) is 3.04. The molecule has 0 aromatic carbocycles. The zero-order chi connectivity index (χ0) is 14.0. The zero-order valence-corrected chi connectivity index (χ0v) is 10.0. The van der Waals surface area contributed by atoms with Gasteiger partial charge in [0.05, 0.1) is 0 Å². The van der Waals surface area contributed by atoms with E-state index in [1.807, 2.05) is 4.98 Å². The van der Waals surface area contributed by atoms with E-state index >= 15 is 0 Å². The predicted octanol–water partition coefficient (Wildman–Crippen LogP) is -0.857. The van der Waals surface area contributed by atoms with E-state index in [2.05, 4.69) is 4.98 Å². The predicted molar refractivity (Wildman–Crippen MR) is 64.0 cm³/mol. The molecule has 8 nitrogen and oxygen atoms in total. The average molecular weight is 267 g/mol. The van der Waals surface area contributed by atoms with E-state index in [1.165, 1.54) is 4.90 Å². The minimum Gasteiger partial charge on any atom is -0.480 e. The summed E-state index contributed by atoms with van der Waals surface area (Å²) in [7, 11) is 0. The third-order valence-corrected chi connectivity index (χ3v) is 3.04. The van der Waals surface area contributed by atoms with Crippen molar-refractivity contribution in [3.63, 3.8) is 0 Å². The second kappa shape index (κ2) is 5.09. The van der Waals surface area contributed by atoms with E-state index in [4.69, 9.17) is 5.11 Å². The van der Waals surface area contributed by atoms with Gasteiger partial charge in [-0.15, -0.1) is 0 Å². The molecule has 1 fully saturated rings. The first kappa shape index (κ1) is 13.1. The molecule has 0 saturated carbocycles. The Hall–Kier alpha value is -2.38. The highest BCUT2D eigenvalue weighted by molar-refractivity contribution is 5.95. The molecule has 1 aromatic heterocycles. The van der Waals surface area contributed by atoms with E-state index in [9.17, 15) is 19.2 Å². The quantitative estimate of drug-likeness (QED) is 0.643. The molecular weight excluding hydrogens is 254 g/mol. The van der Waals surface area contributed by atoms with Gasteiger partial charge in [-0.2, -0.15) is 0 Å². The van der Waals surface area contributed by atoms with Crippen LogP contribution in [0.5, 0.6) is 0 Å². The largest absolute Gasteiger partial charge is 0.480 e. The maximum absolute atomic E-state index is 12.2. The van der Waals surface area contributed by atoms with E-state index in [0.717, 1.165) is 12.5 Å². The number of piperidine rings is 1. The molecule has 0 bridgehead atoms. The summed E-state index contributed by atoms with van der Waals surface area (Å²) < 4.78 is 0. The van der Waals surface area contributed by atoms with Crippen LogP contribution in [0.4, 0.5) is 0 Å². The summed E-state index contributed by atoms with van der Waals surface area (Å²) in [6.45, 7) is 0.296. The summed E-state index contributed by atoms with van der Waals surface area (Å²) in [5.74, 6) is -1.73. The second-order valence-corrected chi connectivity index (χ2v) is 4.35. The number of carbonyl (C=O) groups excluding carboxylic acids is 1. The first-order chi connectivity index (χ1) is 8.99. The molecule has 1 aliphatic rings. The van der Waals surface area contributed by atoms with Crippen LogP contribution in [0.3, 0.4) is 0 Å². The summed E-state index contributed by atoms with van der Waals surface area (Å²) in [6.07, 6.45) is 1.80. The van der Waals surface area contributed by atoms with Crippen LogP contribution < -0.4 is 11.2 Å². The summed E-state index contributed by atoms with van der Waals surface area (Å²) in [6, 6.07) is 0.0427. The maximum Gasteiger partial charge on any atom is 0.326 e. The maximum atomic E-state index is 12.2. The second-order valence-electron chi connectivity index (χ2n) is 4.35. The van der Waals surface area contributed by atoms with Gasteiger partial charge in [0.2, 0.25) is 0 Å². The van der Waals surface area contributed by atoms with Gasteiger partial charge in [0.1, 0.15) is 11.7 Å². The molecule has 0 spiro atoms. The summed E-state index contributed by atoms with van der Waals surface area (Å²) in [4.78, 5) is 50.9. The number of amides is 1. The lowest BCUT2D eigenvalue weighted by Gasteiger charge is -2.32. The average Bonchev–Trinajstić information content (AvgIpc) is 2.36. The van der Waals surface area contributed by atoms with Gasteiger partial charge in [-0.25, -0.2) is 9.59 Å². The Labute approximate surface area is 107 Å².